The molecule has 0 spiro atoms. The fraction of sp³-hybridized carbons (Fsp3) is 0.778. The lowest BCUT2D eigenvalue weighted by Gasteiger charge is -2.01. The predicted molar refractivity (Wildman–Crippen MR) is 45.0 cm³/mol. The smallest absolute Gasteiger partial charge is 0.305 e. The fourth-order valence-corrected chi connectivity index (χ4v) is 1.10. The number of rotatable bonds is 0. The molecule has 4 heteroatoms. The highest BCUT2D eigenvalue weighted by Crippen LogP contribution is 2.03. The van der Waals surface area contributed by atoms with Gasteiger partial charge in [-0.25, -0.2) is 0 Å². The Morgan fingerprint density at radius 1 is 0.769 bits per heavy atom. The molecule has 0 N–H and O–H groups in total. The monoisotopic (exact) mass is 186 g/mol. The summed E-state index contributed by atoms with van der Waals surface area (Å²) in [6, 6.07) is 0. The molecule has 0 saturated carbocycles. The summed E-state index contributed by atoms with van der Waals surface area (Å²) < 4.78 is 9.81. The van der Waals surface area contributed by atoms with Crippen LogP contribution in [0.1, 0.15) is 32.1 Å². The van der Waals surface area contributed by atoms with Crippen LogP contribution in [0.15, 0.2) is 0 Å². The van der Waals surface area contributed by atoms with Crippen LogP contribution in [0.25, 0.3) is 0 Å². The van der Waals surface area contributed by atoms with Crippen LogP contribution in [-0.4, -0.2) is 25.2 Å². The van der Waals surface area contributed by atoms with Crippen molar-refractivity contribution in [2.45, 2.75) is 32.1 Å². The van der Waals surface area contributed by atoms with Gasteiger partial charge in [0.15, 0.2) is 0 Å². The molecule has 0 aromatic heterocycles. The first-order valence-corrected chi connectivity index (χ1v) is 4.60. The molecule has 1 aliphatic rings. The molecule has 0 unspecified atom stereocenters. The second-order valence-electron chi connectivity index (χ2n) is 3.00. The van der Waals surface area contributed by atoms with Crippen molar-refractivity contribution in [1.29, 1.82) is 0 Å². The van der Waals surface area contributed by atoms with Crippen LogP contribution in [0.2, 0.25) is 0 Å². The van der Waals surface area contributed by atoms with E-state index in [0.717, 1.165) is 12.8 Å². The number of cyclic esters (lactones) is 2. The molecule has 0 amide bonds. The molecule has 1 saturated heterocycles. The van der Waals surface area contributed by atoms with Gasteiger partial charge in [0, 0.05) is 12.8 Å². The Labute approximate surface area is 77.2 Å². The standard InChI is InChI=1S/C9H14O4/c10-8-4-3-5-9(11)13-7-2-1-6-12-8/h1-7H2. The van der Waals surface area contributed by atoms with Gasteiger partial charge in [-0.05, 0) is 19.3 Å². The zero-order valence-electron chi connectivity index (χ0n) is 7.58. The SMILES string of the molecule is O=C1CCCC(=O)OCCCCO1. The molecular weight excluding hydrogens is 172 g/mol. The summed E-state index contributed by atoms with van der Waals surface area (Å²) in [5, 5.41) is 0. The Balaban J connectivity index is 2.31. The maximum Gasteiger partial charge on any atom is 0.305 e. The van der Waals surface area contributed by atoms with Gasteiger partial charge < -0.3 is 9.47 Å². The molecule has 4 nitrogen and oxygen atoms in total. The molecule has 1 heterocycles. The van der Waals surface area contributed by atoms with E-state index in [1.165, 1.54) is 0 Å². The van der Waals surface area contributed by atoms with Gasteiger partial charge in [0.1, 0.15) is 0 Å². The van der Waals surface area contributed by atoms with Crippen LogP contribution in [0.5, 0.6) is 0 Å². The third-order valence-electron chi connectivity index (χ3n) is 1.83. The third kappa shape index (κ3) is 4.50. The van der Waals surface area contributed by atoms with E-state index < -0.39 is 0 Å². The molecular formula is C9H14O4. The lowest BCUT2D eigenvalue weighted by Crippen LogP contribution is -2.06. The molecule has 1 aliphatic heterocycles. The zero-order valence-corrected chi connectivity index (χ0v) is 7.58. The highest BCUT2D eigenvalue weighted by Gasteiger charge is 2.08. The summed E-state index contributed by atoms with van der Waals surface area (Å²) in [6.07, 6.45) is 2.68. The van der Waals surface area contributed by atoms with Crippen LogP contribution >= 0.6 is 0 Å². The molecule has 1 fully saturated rings. The van der Waals surface area contributed by atoms with Gasteiger partial charge in [0.2, 0.25) is 0 Å². The second-order valence-corrected chi connectivity index (χ2v) is 3.00. The molecule has 0 radical (unpaired) electrons. The maximum absolute atomic E-state index is 10.9. The van der Waals surface area contributed by atoms with E-state index in [0.29, 0.717) is 32.5 Å². The highest BCUT2D eigenvalue weighted by atomic mass is 16.5. The maximum atomic E-state index is 10.9. The Hall–Kier alpha value is -1.06. The van der Waals surface area contributed by atoms with Crippen molar-refractivity contribution < 1.29 is 19.1 Å². The van der Waals surface area contributed by atoms with Gasteiger partial charge in [0.25, 0.3) is 0 Å². The molecule has 0 atom stereocenters. The second kappa shape index (κ2) is 5.56. The molecule has 0 aliphatic carbocycles. The Morgan fingerprint density at radius 3 is 1.69 bits per heavy atom. The van der Waals surface area contributed by atoms with E-state index in [1.807, 2.05) is 0 Å². The van der Waals surface area contributed by atoms with Gasteiger partial charge >= 0.3 is 11.9 Å². The van der Waals surface area contributed by atoms with Crippen molar-refractivity contribution in [3.8, 4) is 0 Å². The topological polar surface area (TPSA) is 52.6 Å². The molecule has 0 bridgehead atoms. The number of hydrogen-bond donors (Lipinski definition) is 0. The molecule has 1 rings (SSSR count). The average molecular weight is 186 g/mol. The number of carbonyl (C=O) groups is 2. The summed E-state index contributed by atoms with van der Waals surface area (Å²) >= 11 is 0. The van der Waals surface area contributed by atoms with E-state index >= 15 is 0 Å². The minimum absolute atomic E-state index is 0.213. The first-order chi connectivity index (χ1) is 6.29. The third-order valence-corrected chi connectivity index (χ3v) is 1.83. The van der Waals surface area contributed by atoms with Crippen LogP contribution in [0, 0.1) is 0 Å². The average Bonchev–Trinajstić information content (AvgIpc) is 2.13. The summed E-state index contributed by atoms with van der Waals surface area (Å²) in [4.78, 5) is 21.9. The van der Waals surface area contributed by atoms with Gasteiger partial charge in [-0.1, -0.05) is 0 Å². The van der Waals surface area contributed by atoms with E-state index in [-0.39, 0.29) is 11.9 Å². The van der Waals surface area contributed by atoms with E-state index in [9.17, 15) is 9.59 Å². The molecule has 0 aromatic carbocycles. The first-order valence-electron chi connectivity index (χ1n) is 4.60. The largest absolute Gasteiger partial charge is 0.466 e. The van der Waals surface area contributed by atoms with Crippen molar-refractivity contribution in [2.24, 2.45) is 0 Å². The first kappa shape index (κ1) is 10.0. The van der Waals surface area contributed by atoms with Crippen molar-refractivity contribution in [3.05, 3.63) is 0 Å². The highest BCUT2D eigenvalue weighted by molar-refractivity contribution is 5.72. The molecule has 13 heavy (non-hydrogen) atoms. The van der Waals surface area contributed by atoms with Crippen LogP contribution in [-0.2, 0) is 19.1 Å². The van der Waals surface area contributed by atoms with Crippen molar-refractivity contribution in [2.75, 3.05) is 13.2 Å². The predicted octanol–water partition coefficient (Wildman–Crippen LogP) is 1.04. The van der Waals surface area contributed by atoms with Crippen LogP contribution in [0.4, 0.5) is 0 Å². The fourth-order valence-electron chi connectivity index (χ4n) is 1.10. The van der Waals surface area contributed by atoms with Gasteiger partial charge in [-0.2, -0.15) is 0 Å². The van der Waals surface area contributed by atoms with Crippen LogP contribution in [0.3, 0.4) is 0 Å². The zero-order chi connectivity index (χ0) is 9.52. The normalized spacial score (nSPS) is 21.2. The number of esters is 2. The molecule has 0 aromatic rings. The summed E-state index contributed by atoms with van der Waals surface area (Å²) in [6.45, 7) is 0.882. The lowest BCUT2D eigenvalue weighted by atomic mass is 10.2. The van der Waals surface area contributed by atoms with Crippen molar-refractivity contribution >= 4 is 11.9 Å². The summed E-state index contributed by atoms with van der Waals surface area (Å²) in [5.41, 5.74) is 0. The lowest BCUT2D eigenvalue weighted by molar-refractivity contribution is -0.144. The number of hydrogen-bond acceptors (Lipinski definition) is 4. The minimum Gasteiger partial charge on any atom is -0.466 e. The molecule has 74 valence electrons. The van der Waals surface area contributed by atoms with Gasteiger partial charge in [0.05, 0.1) is 13.2 Å². The number of carbonyl (C=O) groups excluding carboxylic acids is 2. The quantitative estimate of drug-likeness (QED) is 0.530. The summed E-state index contributed by atoms with van der Waals surface area (Å²) in [5.74, 6) is -0.426. The number of ether oxygens (including phenoxy) is 2. The van der Waals surface area contributed by atoms with Crippen molar-refractivity contribution in [3.63, 3.8) is 0 Å². The van der Waals surface area contributed by atoms with Crippen molar-refractivity contribution in [1.82, 2.24) is 0 Å². The Kier molecular flexibility index (Phi) is 4.29. The minimum atomic E-state index is -0.213. The Bertz CT molecular complexity index is 168. The summed E-state index contributed by atoms with van der Waals surface area (Å²) in [7, 11) is 0. The Morgan fingerprint density at radius 2 is 1.23 bits per heavy atom. The van der Waals surface area contributed by atoms with Gasteiger partial charge in [-0.15, -0.1) is 0 Å². The van der Waals surface area contributed by atoms with E-state index in [4.69, 9.17) is 9.47 Å². The van der Waals surface area contributed by atoms with Gasteiger partial charge in [-0.3, -0.25) is 9.59 Å². The van der Waals surface area contributed by atoms with E-state index in [1.54, 1.807) is 0 Å². The van der Waals surface area contributed by atoms with E-state index in [2.05, 4.69) is 0 Å². The van der Waals surface area contributed by atoms with Crippen LogP contribution < -0.4 is 0 Å².